The zero-order valence-electron chi connectivity index (χ0n) is 11.5. The lowest BCUT2D eigenvalue weighted by Crippen LogP contribution is -2.11. The van der Waals surface area contributed by atoms with Crippen LogP contribution in [0.5, 0.6) is 0 Å². The molecule has 0 atom stereocenters. The molecule has 2 aromatic rings. The number of anilines is 2. The molecule has 0 radical (unpaired) electrons. The highest BCUT2D eigenvalue weighted by molar-refractivity contribution is 5.96. The van der Waals surface area contributed by atoms with Crippen LogP contribution in [0.25, 0.3) is 5.69 Å². The van der Waals surface area contributed by atoms with E-state index in [4.69, 9.17) is 15.7 Å². The number of carbonyl (C=O) groups is 1. The number of rotatable bonds is 2. The first-order valence-electron chi connectivity index (χ1n) is 6.52. The van der Waals surface area contributed by atoms with Crippen molar-refractivity contribution in [3.63, 3.8) is 0 Å². The van der Waals surface area contributed by atoms with Crippen LogP contribution >= 0.6 is 0 Å². The smallest absolute Gasteiger partial charge is 0.357 e. The molecule has 0 amide bonds. The second-order valence-electron chi connectivity index (χ2n) is 4.80. The van der Waals surface area contributed by atoms with Gasteiger partial charge in [0.25, 0.3) is 0 Å². The second kappa shape index (κ2) is 4.87. The van der Waals surface area contributed by atoms with Gasteiger partial charge in [0.05, 0.1) is 18.4 Å². The molecule has 21 heavy (non-hydrogen) atoms. The van der Waals surface area contributed by atoms with Gasteiger partial charge in [-0.1, -0.05) is 0 Å². The highest BCUT2D eigenvalue weighted by Crippen LogP contribution is 2.29. The molecule has 3 N–H and O–H groups in total. The molecule has 0 bridgehead atoms. The van der Waals surface area contributed by atoms with Gasteiger partial charge in [-0.05, 0) is 30.2 Å². The van der Waals surface area contributed by atoms with E-state index in [1.165, 1.54) is 12.7 Å². The number of nitrogens with two attached hydrogens (primary N) is 1. The number of nitrogen functional groups attached to an aromatic ring is 1. The molecule has 1 aliphatic rings. The van der Waals surface area contributed by atoms with Crippen molar-refractivity contribution in [1.82, 2.24) is 4.57 Å². The molecule has 0 fully saturated rings. The largest absolute Gasteiger partial charge is 0.464 e. The monoisotopic (exact) mass is 282 g/mol. The van der Waals surface area contributed by atoms with Crippen LogP contribution in [-0.4, -0.2) is 24.2 Å². The van der Waals surface area contributed by atoms with Crippen molar-refractivity contribution in [2.75, 3.05) is 24.7 Å². The third kappa shape index (κ3) is 1.99. The van der Waals surface area contributed by atoms with Crippen molar-refractivity contribution in [2.45, 2.75) is 6.42 Å². The number of nitrogens with one attached hydrogen (secondary N) is 1. The third-order valence-electron chi connectivity index (χ3n) is 3.62. The Morgan fingerprint density at radius 3 is 3.05 bits per heavy atom. The quantitative estimate of drug-likeness (QED) is 0.817. The number of nitriles is 1. The van der Waals surface area contributed by atoms with Gasteiger partial charge in [-0.2, -0.15) is 5.26 Å². The number of nitrogens with zero attached hydrogens (tertiary/aromatic N) is 2. The van der Waals surface area contributed by atoms with Crippen molar-refractivity contribution in [2.24, 2.45) is 0 Å². The van der Waals surface area contributed by atoms with Gasteiger partial charge in [0, 0.05) is 24.1 Å². The van der Waals surface area contributed by atoms with Gasteiger partial charge in [0.2, 0.25) is 0 Å². The summed E-state index contributed by atoms with van der Waals surface area (Å²) in [5, 5.41) is 12.4. The molecule has 1 aromatic heterocycles. The van der Waals surface area contributed by atoms with Crippen LogP contribution in [0.15, 0.2) is 24.4 Å². The molecule has 0 saturated carbocycles. The Bertz CT molecular complexity index is 771. The van der Waals surface area contributed by atoms with Gasteiger partial charge in [-0.3, -0.25) is 0 Å². The minimum absolute atomic E-state index is 0.142. The summed E-state index contributed by atoms with van der Waals surface area (Å²) in [5.74, 6) is -0.562. The summed E-state index contributed by atoms with van der Waals surface area (Å²) in [6.45, 7) is 0.903. The lowest BCUT2D eigenvalue weighted by atomic mass is 10.1. The van der Waals surface area contributed by atoms with E-state index in [2.05, 4.69) is 5.32 Å². The zero-order valence-corrected chi connectivity index (χ0v) is 11.5. The molecular formula is C15H14N4O2. The molecule has 1 aromatic carbocycles. The Hall–Kier alpha value is -2.94. The minimum Gasteiger partial charge on any atom is -0.464 e. The number of carbonyl (C=O) groups excluding carboxylic acids is 1. The van der Waals surface area contributed by atoms with Gasteiger partial charge >= 0.3 is 5.97 Å². The summed E-state index contributed by atoms with van der Waals surface area (Å²) in [4.78, 5) is 11.9. The lowest BCUT2D eigenvalue weighted by molar-refractivity contribution is 0.0593. The Morgan fingerprint density at radius 2 is 2.33 bits per heavy atom. The number of aromatic nitrogens is 1. The van der Waals surface area contributed by atoms with Gasteiger partial charge < -0.3 is 20.4 Å². The topological polar surface area (TPSA) is 93.1 Å². The Labute approximate surface area is 121 Å². The van der Waals surface area contributed by atoms with Crippen molar-refractivity contribution < 1.29 is 9.53 Å². The molecule has 0 spiro atoms. The average molecular weight is 282 g/mol. The van der Waals surface area contributed by atoms with Crippen molar-refractivity contribution in [3.05, 3.63) is 41.2 Å². The number of ether oxygens (including phenoxy) is 1. The maximum atomic E-state index is 11.9. The maximum Gasteiger partial charge on any atom is 0.357 e. The van der Waals surface area contributed by atoms with Crippen LogP contribution in [0, 0.1) is 11.3 Å². The molecule has 0 unspecified atom stereocenters. The van der Waals surface area contributed by atoms with Crippen molar-refractivity contribution in [3.8, 4) is 11.8 Å². The lowest BCUT2D eigenvalue weighted by Gasteiger charge is -2.10. The first-order chi connectivity index (χ1) is 10.2. The molecule has 6 nitrogen and oxygen atoms in total. The predicted molar refractivity (Wildman–Crippen MR) is 78.4 cm³/mol. The predicted octanol–water partition coefficient (Wildman–Crippen LogP) is 1.69. The molecular weight excluding hydrogens is 268 g/mol. The molecule has 1 aliphatic heterocycles. The van der Waals surface area contributed by atoms with Crippen molar-refractivity contribution >= 4 is 17.3 Å². The minimum atomic E-state index is -0.562. The molecule has 106 valence electrons. The highest BCUT2D eigenvalue weighted by atomic mass is 16.5. The van der Waals surface area contributed by atoms with Gasteiger partial charge in [-0.25, -0.2) is 4.79 Å². The summed E-state index contributed by atoms with van der Waals surface area (Å²) in [5.41, 5.74) is 9.52. The third-order valence-corrected chi connectivity index (χ3v) is 3.62. The van der Waals surface area contributed by atoms with Crippen LogP contribution < -0.4 is 11.1 Å². The number of esters is 1. The van der Waals surface area contributed by atoms with E-state index in [1.54, 1.807) is 10.8 Å². The van der Waals surface area contributed by atoms with Gasteiger partial charge in [-0.15, -0.1) is 0 Å². The number of hydrogen-bond acceptors (Lipinski definition) is 5. The SMILES string of the molecule is COC(=O)c1c(N)c(C#N)cn1-c1ccc2c(c1)CCN2. The van der Waals surface area contributed by atoms with Gasteiger partial charge in [0.1, 0.15) is 6.07 Å². The summed E-state index contributed by atoms with van der Waals surface area (Å²) in [6.07, 6.45) is 2.49. The molecule has 0 aliphatic carbocycles. The van der Waals surface area contributed by atoms with Crippen LogP contribution in [0.2, 0.25) is 0 Å². The van der Waals surface area contributed by atoms with E-state index < -0.39 is 5.97 Å². The zero-order chi connectivity index (χ0) is 15.0. The van der Waals surface area contributed by atoms with Crippen LogP contribution in [0.1, 0.15) is 21.6 Å². The maximum absolute atomic E-state index is 11.9. The number of methoxy groups -OCH3 is 1. The molecule has 6 heteroatoms. The number of fused-ring (bicyclic) bond motifs is 1. The van der Waals surface area contributed by atoms with E-state index in [1.807, 2.05) is 24.3 Å². The average Bonchev–Trinajstić information content (AvgIpc) is 3.09. The fraction of sp³-hybridized carbons (Fsp3) is 0.200. The number of hydrogen-bond donors (Lipinski definition) is 2. The van der Waals surface area contributed by atoms with E-state index in [0.717, 1.165) is 24.3 Å². The second-order valence-corrected chi connectivity index (χ2v) is 4.80. The summed E-state index contributed by atoms with van der Waals surface area (Å²) < 4.78 is 6.38. The van der Waals surface area contributed by atoms with Gasteiger partial charge in [0.15, 0.2) is 5.69 Å². The molecule has 0 saturated heterocycles. The van der Waals surface area contributed by atoms with E-state index in [-0.39, 0.29) is 16.9 Å². The Balaban J connectivity index is 2.18. The van der Waals surface area contributed by atoms with E-state index >= 15 is 0 Å². The normalized spacial score (nSPS) is 12.4. The summed E-state index contributed by atoms with van der Waals surface area (Å²) >= 11 is 0. The summed E-state index contributed by atoms with van der Waals surface area (Å²) in [7, 11) is 1.29. The molecule has 3 rings (SSSR count). The van der Waals surface area contributed by atoms with Crippen LogP contribution in [0.4, 0.5) is 11.4 Å². The van der Waals surface area contributed by atoms with Crippen LogP contribution in [0.3, 0.4) is 0 Å². The van der Waals surface area contributed by atoms with Crippen molar-refractivity contribution in [1.29, 1.82) is 5.26 Å². The fourth-order valence-electron chi connectivity index (χ4n) is 2.56. The Morgan fingerprint density at radius 1 is 1.52 bits per heavy atom. The van der Waals surface area contributed by atoms with E-state index in [9.17, 15) is 4.79 Å². The summed E-state index contributed by atoms with van der Waals surface area (Å²) in [6, 6.07) is 7.82. The highest BCUT2D eigenvalue weighted by Gasteiger charge is 2.22. The standard InChI is InChI=1S/C15H14N4O2/c1-21-15(20)14-13(17)10(7-16)8-19(14)11-2-3-12-9(6-11)4-5-18-12/h2-3,6,8,18H,4-5,17H2,1H3. The van der Waals surface area contributed by atoms with E-state index in [0.29, 0.717) is 0 Å². The van der Waals surface area contributed by atoms with Crippen LogP contribution in [-0.2, 0) is 11.2 Å². The number of benzene rings is 1. The molecule has 2 heterocycles. The first kappa shape index (κ1) is 13.1. The Kier molecular flexibility index (Phi) is 3.03. The first-order valence-corrected chi connectivity index (χ1v) is 6.52. The fourth-order valence-corrected chi connectivity index (χ4v) is 2.56.